The summed E-state index contributed by atoms with van der Waals surface area (Å²) >= 11 is 0. The monoisotopic (exact) mass is 486 g/mol. The first-order valence-electron chi connectivity index (χ1n) is 12.2. The van der Waals surface area contributed by atoms with Crippen molar-refractivity contribution in [3.63, 3.8) is 0 Å². The summed E-state index contributed by atoms with van der Waals surface area (Å²) in [5.74, 6) is 1.62. The zero-order valence-corrected chi connectivity index (χ0v) is 20.6. The summed E-state index contributed by atoms with van der Waals surface area (Å²) in [4.78, 5) is 29.0. The number of carbonyl (C=O) groups is 2. The minimum Gasteiger partial charge on any atom is -0.493 e. The Kier molecular flexibility index (Phi) is 6.75. The number of ether oxygens (including phenoxy) is 2. The highest BCUT2D eigenvalue weighted by molar-refractivity contribution is 5.93. The lowest BCUT2D eigenvalue weighted by Crippen LogP contribution is -2.50. The summed E-state index contributed by atoms with van der Waals surface area (Å²) in [7, 11) is 3.20. The Bertz CT molecular complexity index is 1270. The van der Waals surface area contributed by atoms with Gasteiger partial charge >= 0.3 is 0 Å². The lowest BCUT2D eigenvalue weighted by atomic mass is 10.1. The molecule has 3 aromatic rings. The molecule has 2 aromatic carbocycles. The molecule has 0 N–H and O–H groups in total. The minimum absolute atomic E-state index is 0.0701. The molecule has 0 spiro atoms. The van der Waals surface area contributed by atoms with E-state index in [9.17, 15) is 9.59 Å². The molecule has 1 aliphatic heterocycles. The molecule has 2 amide bonds. The van der Waals surface area contributed by atoms with Gasteiger partial charge in [0, 0.05) is 55.5 Å². The molecule has 1 aromatic heterocycles. The Morgan fingerprint density at radius 2 is 1.61 bits per heavy atom. The van der Waals surface area contributed by atoms with Gasteiger partial charge in [-0.05, 0) is 49.2 Å². The second-order valence-electron chi connectivity index (χ2n) is 9.04. The second kappa shape index (κ2) is 10.3. The molecule has 0 bridgehead atoms. The fraction of sp³-hybridized carbons (Fsp3) is 0.321. The van der Waals surface area contributed by atoms with Crippen LogP contribution in [0, 0.1) is 5.92 Å². The molecule has 186 valence electrons. The van der Waals surface area contributed by atoms with Crippen molar-refractivity contribution < 1.29 is 19.1 Å². The van der Waals surface area contributed by atoms with Gasteiger partial charge < -0.3 is 19.3 Å². The number of piperazine rings is 1. The lowest BCUT2D eigenvalue weighted by molar-refractivity contribution is -0.138. The molecule has 0 radical (unpaired) electrons. The maximum absolute atomic E-state index is 13.0. The lowest BCUT2D eigenvalue weighted by Gasteiger charge is -2.34. The predicted octanol–water partition coefficient (Wildman–Crippen LogP) is 3.65. The molecule has 0 unspecified atom stereocenters. The highest BCUT2D eigenvalue weighted by atomic mass is 16.5. The van der Waals surface area contributed by atoms with E-state index in [-0.39, 0.29) is 17.7 Å². The van der Waals surface area contributed by atoms with Gasteiger partial charge in [0.05, 0.1) is 19.9 Å². The van der Waals surface area contributed by atoms with Crippen LogP contribution in [-0.2, 0) is 9.59 Å². The maximum atomic E-state index is 13.0. The zero-order valence-electron chi connectivity index (χ0n) is 20.6. The van der Waals surface area contributed by atoms with Gasteiger partial charge in [-0.1, -0.05) is 18.2 Å². The van der Waals surface area contributed by atoms with Gasteiger partial charge in [-0.25, -0.2) is 4.68 Å². The van der Waals surface area contributed by atoms with Crippen molar-refractivity contribution >= 4 is 17.9 Å². The molecule has 36 heavy (non-hydrogen) atoms. The summed E-state index contributed by atoms with van der Waals surface area (Å²) in [6.07, 6.45) is 7.31. The van der Waals surface area contributed by atoms with Crippen molar-refractivity contribution in [1.29, 1.82) is 0 Å². The summed E-state index contributed by atoms with van der Waals surface area (Å²) in [6.45, 7) is 2.29. The van der Waals surface area contributed by atoms with Crippen LogP contribution < -0.4 is 9.47 Å². The van der Waals surface area contributed by atoms with E-state index in [4.69, 9.17) is 14.6 Å². The van der Waals surface area contributed by atoms with Crippen LogP contribution in [0.3, 0.4) is 0 Å². The van der Waals surface area contributed by atoms with Crippen LogP contribution in [0.15, 0.2) is 60.8 Å². The van der Waals surface area contributed by atoms with E-state index < -0.39 is 0 Å². The smallest absolute Gasteiger partial charge is 0.246 e. The molecule has 8 heteroatoms. The average molecular weight is 487 g/mol. The van der Waals surface area contributed by atoms with E-state index in [1.165, 1.54) is 0 Å². The number of aromatic nitrogens is 2. The molecule has 0 atom stereocenters. The number of nitrogens with zero attached hydrogens (tertiary/aromatic N) is 4. The van der Waals surface area contributed by atoms with E-state index in [1.54, 1.807) is 29.9 Å². The van der Waals surface area contributed by atoms with Crippen molar-refractivity contribution in [3.8, 4) is 28.4 Å². The number of carbonyl (C=O) groups excluding carboxylic acids is 2. The molecule has 8 nitrogen and oxygen atoms in total. The molecule has 1 saturated carbocycles. The number of rotatable bonds is 7. The van der Waals surface area contributed by atoms with Crippen LogP contribution in [0.25, 0.3) is 23.0 Å². The fourth-order valence-electron chi connectivity index (χ4n) is 4.43. The van der Waals surface area contributed by atoms with Gasteiger partial charge in [-0.15, -0.1) is 0 Å². The van der Waals surface area contributed by atoms with Gasteiger partial charge in [-0.3, -0.25) is 9.59 Å². The number of methoxy groups -OCH3 is 2. The molecule has 5 rings (SSSR count). The van der Waals surface area contributed by atoms with Crippen LogP contribution in [-0.4, -0.2) is 71.8 Å². The van der Waals surface area contributed by atoms with Gasteiger partial charge in [0.1, 0.15) is 5.69 Å². The number of para-hydroxylation sites is 1. The first-order valence-corrected chi connectivity index (χ1v) is 12.2. The predicted molar refractivity (Wildman–Crippen MR) is 137 cm³/mol. The minimum atomic E-state index is -0.0701. The van der Waals surface area contributed by atoms with Crippen LogP contribution in [0.1, 0.15) is 18.4 Å². The molecular weight excluding hydrogens is 456 g/mol. The largest absolute Gasteiger partial charge is 0.493 e. The Morgan fingerprint density at radius 1 is 0.917 bits per heavy atom. The standard InChI is InChI=1S/C28H30N4O4/c1-35-24-12-10-21(18-25(24)36-2)27-22(19-32(29-27)23-6-4-3-5-7-23)11-13-26(33)30-14-16-31(17-15-30)28(34)20-8-9-20/h3-7,10-13,18-20H,8-9,14-17H2,1-2H3/b13-11+. The third-order valence-corrected chi connectivity index (χ3v) is 6.66. The van der Waals surface area contributed by atoms with E-state index in [1.807, 2.05) is 65.7 Å². The van der Waals surface area contributed by atoms with E-state index in [0.29, 0.717) is 37.7 Å². The quantitative estimate of drug-likeness (QED) is 0.477. The highest BCUT2D eigenvalue weighted by Gasteiger charge is 2.35. The van der Waals surface area contributed by atoms with Crippen LogP contribution in [0.5, 0.6) is 11.5 Å². The number of hydrogen-bond donors (Lipinski definition) is 0. The van der Waals surface area contributed by atoms with Crippen LogP contribution in [0.2, 0.25) is 0 Å². The Balaban J connectivity index is 1.38. The van der Waals surface area contributed by atoms with Gasteiger partial charge in [0.25, 0.3) is 0 Å². The molecular formula is C28H30N4O4. The summed E-state index contributed by atoms with van der Waals surface area (Å²) in [5, 5.41) is 4.82. The first kappa shape index (κ1) is 23.7. The molecule has 2 fully saturated rings. The molecule has 1 aliphatic carbocycles. The Labute approximate surface area is 210 Å². The molecule has 2 heterocycles. The third-order valence-electron chi connectivity index (χ3n) is 6.66. The average Bonchev–Trinajstić information content (AvgIpc) is 3.70. The normalized spacial score (nSPS) is 15.8. The van der Waals surface area contributed by atoms with Crippen molar-refractivity contribution in [2.45, 2.75) is 12.8 Å². The van der Waals surface area contributed by atoms with Crippen molar-refractivity contribution in [2.75, 3.05) is 40.4 Å². The van der Waals surface area contributed by atoms with Crippen molar-refractivity contribution in [1.82, 2.24) is 19.6 Å². The summed E-state index contributed by atoms with van der Waals surface area (Å²) < 4.78 is 12.7. The fourth-order valence-corrected chi connectivity index (χ4v) is 4.43. The van der Waals surface area contributed by atoms with Gasteiger partial charge in [0.2, 0.25) is 11.8 Å². The first-order chi connectivity index (χ1) is 17.6. The number of benzene rings is 2. The van der Waals surface area contributed by atoms with Crippen molar-refractivity contribution in [3.05, 3.63) is 66.4 Å². The van der Waals surface area contributed by atoms with Crippen LogP contribution >= 0.6 is 0 Å². The SMILES string of the molecule is COc1ccc(-c2nn(-c3ccccc3)cc2/C=C/C(=O)N2CCN(C(=O)C3CC3)CC2)cc1OC. The van der Waals surface area contributed by atoms with Crippen molar-refractivity contribution in [2.24, 2.45) is 5.92 Å². The van der Waals surface area contributed by atoms with E-state index >= 15 is 0 Å². The summed E-state index contributed by atoms with van der Waals surface area (Å²) in [6, 6.07) is 15.5. The third kappa shape index (κ3) is 4.98. The van der Waals surface area contributed by atoms with E-state index in [2.05, 4.69) is 0 Å². The number of hydrogen-bond acceptors (Lipinski definition) is 5. The van der Waals surface area contributed by atoms with Crippen LogP contribution in [0.4, 0.5) is 0 Å². The van der Waals surface area contributed by atoms with Gasteiger partial charge in [-0.2, -0.15) is 5.10 Å². The van der Waals surface area contributed by atoms with Gasteiger partial charge in [0.15, 0.2) is 11.5 Å². The summed E-state index contributed by atoms with van der Waals surface area (Å²) in [5.41, 5.74) is 3.30. The maximum Gasteiger partial charge on any atom is 0.246 e. The topological polar surface area (TPSA) is 76.9 Å². The molecule has 2 aliphatic rings. The second-order valence-corrected chi connectivity index (χ2v) is 9.04. The zero-order chi connectivity index (χ0) is 25.1. The Hall–Kier alpha value is -4.07. The Morgan fingerprint density at radius 3 is 2.28 bits per heavy atom. The highest BCUT2D eigenvalue weighted by Crippen LogP contribution is 2.34. The van der Waals surface area contributed by atoms with E-state index in [0.717, 1.165) is 35.3 Å². The number of amides is 2. The molecule has 1 saturated heterocycles.